The van der Waals surface area contributed by atoms with Gasteiger partial charge in [-0.15, -0.1) is 0 Å². The summed E-state index contributed by atoms with van der Waals surface area (Å²) in [6.07, 6.45) is 0. The van der Waals surface area contributed by atoms with Crippen LogP contribution in [0, 0.1) is 18.8 Å². The Balaban J connectivity index is 2.17. The van der Waals surface area contributed by atoms with Crippen LogP contribution in [0.3, 0.4) is 0 Å². The van der Waals surface area contributed by atoms with E-state index in [4.69, 9.17) is 0 Å². The van der Waals surface area contributed by atoms with Crippen molar-refractivity contribution in [2.75, 3.05) is 26.7 Å². The zero-order chi connectivity index (χ0) is 14.7. The lowest BCUT2D eigenvalue weighted by atomic mass is 9.96. The van der Waals surface area contributed by atoms with E-state index in [2.05, 4.69) is 5.32 Å². The van der Waals surface area contributed by atoms with Gasteiger partial charge < -0.3 is 15.3 Å². The van der Waals surface area contributed by atoms with Crippen molar-refractivity contribution in [1.82, 2.24) is 10.2 Å². The second-order valence-electron chi connectivity index (χ2n) is 5.19. The van der Waals surface area contributed by atoms with Crippen LogP contribution >= 0.6 is 0 Å². The predicted octanol–water partition coefficient (Wildman–Crippen LogP) is 0.422. The number of nitrogens with one attached hydrogen (secondary N) is 1. The second-order valence-corrected chi connectivity index (χ2v) is 5.19. The number of hydrogen-bond acceptors (Lipinski definition) is 3. The standard InChI is InChI=1S/C15H20N2O3/c1-10-5-3-4-6-12(10)15(20)17-7-11(9-18)13(8-17)14(19)16-2/h3-6,11,13,18H,7-9H2,1-2H3,(H,16,19)/t11-,13+/m0/s1. The fourth-order valence-electron chi connectivity index (χ4n) is 2.69. The van der Waals surface area contributed by atoms with Gasteiger partial charge in [-0.05, 0) is 18.6 Å². The first-order valence-corrected chi connectivity index (χ1v) is 6.75. The summed E-state index contributed by atoms with van der Waals surface area (Å²) >= 11 is 0. The minimum absolute atomic E-state index is 0.0760. The minimum Gasteiger partial charge on any atom is -0.396 e. The first-order valence-electron chi connectivity index (χ1n) is 6.75. The number of carbonyl (C=O) groups is 2. The predicted molar refractivity (Wildman–Crippen MR) is 75.2 cm³/mol. The molecule has 108 valence electrons. The Morgan fingerprint density at radius 3 is 2.65 bits per heavy atom. The third-order valence-electron chi connectivity index (χ3n) is 3.92. The van der Waals surface area contributed by atoms with Crippen LogP contribution in [0.5, 0.6) is 0 Å². The highest BCUT2D eigenvalue weighted by atomic mass is 16.3. The molecule has 1 aromatic carbocycles. The molecule has 2 N–H and O–H groups in total. The van der Waals surface area contributed by atoms with E-state index in [1.165, 1.54) is 0 Å². The fraction of sp³-hybridized carbons (Fsp3) is 0.467. The number of nitrogens with zero attached hydrogens (tertiary/aromatic N) is 1. The van der Waals surface area contributed by atoms with Gasteiger partial charge in [0.2, 0.25) is 5.91 Å². The van der Waals surface area contributed by atoms with Crippen LogP contribution < -0.4 is 5.32 Å². The summed E-state index contributed by atoms with van der Waals surface area (Å²) in [7, 11) is 1.57. The molecule has 1 aromatic rings. The molecule has 20 heavy (non-hydrogen) atoms. The van der Waals surface area contributed by atoms with Gasteiger partial charge in [-0.2, -0.15) is 0 Å². The maximum absolute atomic E-state index is 12.5. The summed E-state index contributed by atoms with van der Waals surface area (Å²) in [5, 5.41) is 12.0. The third-order valence-corrected chi connectivity index (χ3v) is 3.92. The van der Waals surface area contributed by atoms with Crippen LogP contribution in [0.25, 0.3) is 0 Å². The van der Waals surface area contributed by atoms with Crippen molar-refractivity contribution < 1.29 is 14.7 Å². The van der Waals surface area contributed by atoms with Crippen molar-refractivity contribution in [2.24, 2.45) is 11.8 Å². The van der Waals surface area contributed by atoms with E-state index in [1.54, 1.807) is 18.0 Å². The largest absolute Gasteiger partial charge is 0.396 e. The first kappa shape index (κ1) is 14.5. The van der Waals surface area contributed by atoms with Crippen molar-refractivity contribution in [2.45, 2.75) is 6.92 Å². The number of hydrogen-bond donors (Lipinski definition) is 2. The summed E-state index contributed by atoms with van der Waals surface area (Å²) in [6, 6.07) is 7.40. The van der Waals surface area contributed by atoms with Crippen LogP contribution in [0.4, 0.5) is 0 Å². The van der Waals surface area contributed by atoms with Crippen molar-refractivity contribution in [1.29, 1.82) is 0 Å². The maximum atomic E-state index is 12.5. The average Bonchev–Trinajstić information content (AvgIpc) is 2.90. The molecule has 0 spiro atoms. The number of aliphatic hydroxyl groups excluding tert-OH is 1. The molecule has 2 atom stereocenters. The molecular formula is C15H20N2O3. The minimum atomic E-state index is -0.335. The van der Waals surface area contributed by atoms with Crippen molar-refractivity contribution in [3.05, 3.63) is 35.4 Å². The topological polar surface area (TPSA) is 69.6 Å². The number of benzene rings is 1. The van der Waals surface area contributed by atoms with Crippen molar-refractivity contribution in [3.63, 3.8) is 0 Å². The fourth-order valence-corrected chi connectivity index (χ4v) is 2.69. The molecule has 1 saturated heterocycles. The zero-order valence-electron chi connectivity index (χ0n) is 11.8. The van der Waals surface area contributed by atoms with E-state index in [-0.39, 0.29) is 30.3 Å². The molecule has 1 fully saturated rings. The Labute approximate surface area is 118 Å². The number of carbonyl (C=O) groups excluding carboxylic acids is 2. The van der Waals surface area contributed by atoms with Gasteiger partial charge in [0, 0.05) is 38.2 Å². The number of aliphatic hydroxyl groups is 1. The molecule has 0 bridgehead atoms. The normalized spacial score (nSPS) is 21.9. The summed E-state index contributed by atoms with van der Waals surface area (Å²) < 4.78 is 0. The Hall–Kier alpha value is -1.88. The number of rotatable bonds is 3. The summed E-state index contributed by atoms with van der Waals surface area (Å²) in [4.78, 5) is 25.9. The number of aryl methyl sites for hydroxylation is 1. The van der Waals surface area contributed by atoms with Gasteiger partial charge in [0.05, 0.1) is 5.92 Å². The smallest absolute Gasteiger partial charge is 0.254 e. The molecule has 1 heterocycles. The van der Waals surface area contributed by atoms with Gasteiger partial charge in [0.15, 0.2) is 0 Å². The zero-order valence-corrected chi connectivity index (χ0v) is 11.8. The number of amides is 2. The summed E-state index contributed by atoms with van der Waals surface area (Å²) in [5.74, 6) is -0.724. The summed E-state index contributed by atoms with van der Waals surface area (Å²) in [5.41, 5.74) is 1.57. The molecule has 0 unspecified atom stereocenters. The molecule has 0 aromatic heterocycles. The molecule has 1 aliphatic heterocycles. The highest BCUT2D eigenvalue weighted by molar-refractivity contribution is 5.96. The lowest BCUT2D eigenvalue weighted by Gasteiger charge is -2.17. The second kappa shape index (κ2) is 6.05. The molecule has 0 saturated carbocycles. The van der Waals surface area contributed by atoms with E-state index < -0.39 is 0 Å². The van der Waals surface area contributed by atoms with Crippen LogP contribution in [0.1, 0.15) is 15.9 Å². The third kappa shape index (κ3) is 2.67. The van der Waals surface area contributed by atoms with Gasteiger partial charge in [0.1, 0.15) is 0 Å². The van der Waals surface area contributed by atoms with E-state index in [0.717, 1.165) is 5.56 Å². The summed E-state index contributed by atoms with van der Waals surface area (Å²) in [6.45, 7) is 2.58. The lowest BCUT2D eigenvalue weighted by molar-refractivity contribution is -0.125. The average molecular weight is 276 g/mol. The molecule has 0 aliphatic carbocycles. The monoisotopic (exact) mass is 276 g/mol. The van der Waals surface area contributed by atoms with Gasteiger partial charge in [0.25, 0.3) is 5.91 Å². The Kier molecular flexibility index (Phi) is 4.39. The van der Waals surface area contributed by atoms with Gasteiger partial charge in [-0.1, -0.05) is 18.2 Å². The first-order chi connectivity index (χ1) is 9.58. The lowest BCUT2D eigenvalue weighted by Crippen LogP contribution is -2.34. The Morgan fingerprint density at radius 2 is 2.05 bits per heavy atom. The quantitative estimate of drug-likeness (QED) is 0.840. The molecule has 1 aliphatic rings. The van der Waals surface area contributed by atoms with Crippen LogP contribution in [0.2, 0.25) is 0 Å². The molecule has 2 amide bonds. The molecule has 2 rings (SSSR count). The van der Waals surface area contributed by atoms with Crippen LogP contribution in [-0.4, -0.2) is 48.6 Å². The van der Waals surface area contributed by atoms with E-state index in [1.807, 2.05) is 25.1 Å². The molecular weight excluding hydrogens is 256 g/mol. The Morgan fingerprint density at radius 1 is 1.35 bits per heavy atom. The highest BCUT2D eigenvalue weighted by Gasteiger charge is 2.39. The maximum Gasteiger partial charge on any atom is 0.254 e. The molecule has 5 nitrogen and oxygen atoms in total. The van der Waals surface area contributed by atoms with Crippen molar-refractivity contribution in [3.8, 4) is 0 Å². The van der Waals surface area contributed by atoms with Crippen molar-refractivity contribution >= 4 is 11.8 Å². The number of likely N-dealkylation sites (tertiary alicyclic amines) is 1. The van der Waals surface area contributed by atoms with E-state index in [9.17, 15) is 14.7 Å². The highest BCUT2D eigenvalue weighted by Crippen LogP contribution is 2.25. The molecule has 5 heteroatoms. The van der Waals surface area contributed by atoms with Crippen LogP contribution in [0.15, 0.2) is 24.3 Å². The molecule has 0 radical (unpaired) electrons. The van der Waals surface area contributed by atoms with Gasteiger partial charge in [-0.3, -0.25) is 9.59 Å². The van der Waals surface area contributed by atoms with E-state index in [0.29, 0.717) is 18.7 Å². The van der Waals surface area contributed by atoms with Gasteiger partial charge in [-0.25, -0.2) is 0 Å². The van der Waals surface area contributed by atoms with Gasteiger partial charge >= 0.3 is 0 Å². The Bertz CT molecular complexity index is 516. The van der Waals surface area contributed by atoms with E-state index >= 15 is 0 Å². The SMILES string of the molecule is CNC(=O)[C@@H]1CN(C(=O)c2ccccc2C)C[C@H]1CO. The van der Waals surface area contributed by atoms with Crippen LogP contribution in [-0.2, 0) is 4.79 Å².